The monoisotopic (exact) mass is 384 g/mol. The summed E-state index contributed by atoms with van der Waals surface area (Å²) in [6.45, 7) is 3.95. The normalized spacial score (nSPS) is 15.1. The first-order chi connectivity index (χ1) is 13.4. The minimum atomic E-state index is -1.13. The van der Waals surface area contributed by atoms with Crippen molar-refractivity contribution in [1.82, 2.24) is 0 Å². The molecular weight excluding hydrogens is 356 g/mol. The molecule has 150 valence electrons. The largest absolute Gasteiger partial charge is 0.438 e. The van der Waals surface area contributed by atoms with Crippen LogP contribution in [0.4, 0.5) is 0 Å². The van der Waals surface area contributed by atoms with Crippen molar-refractivity contribution in [1.29, 1.82) is 0 Å². The maximum atomic E-state index is 11.9. The molecule has 4 unspecified atom stereocenters. The van der Waals surface area contributed by atoms with Crippen LogP contribution in [0.2, 0.25) is 0 Å². The standard InChI is InChI=1S/C22H28N2O4/c1-15(17-9-5-3-6-10-17)13-19(23)27-21(25)22(26)28-20(24)14-16(2)18-11-7-4-8-12-18/h3-12,15-16,19-20H,13-14,23-24H2,1-2H3. The van der Waals surface area contributed by atoms with Crippen LogP contribution in [-0.2, 0) is 19.1 Å². The zero-order chi connectivity index (χ0) is 20.5. The topological polar surface area (TPSA) is 105 Å². The molecule has 0 bridgehead atoms. The van der Waals surface area contributed by atoms with Crippen molar-refractivity contribution in [2.75, 3.05) is 0 Å². The summed E-state index contributed by atoms with van der Waals surface area (Å²) in [5, 5.41) is 0. The molecule has 0 aliphatic carbocycles. The van der Waals surface area contributed by atoms with E-state index in [1.807, 2.05) is 74.5 Å². The fraction of sp³-hybridized carbons (Fsp3) is 0.364. The van der Waals surface area contributed by atoms with Crippen molar-refractivity contribution in [3.8, 4) is 0 Å². The minimum Gasteiger partial charge on any atom is -0.438 e. The number of ether oxygens (including phenoxy) is 2. The molecule has 0 amide bonds. The Labute approximate surface area is 165 Å². The summed E-state index contributed by atoms with van der Waals surface area (Å²) >= 11 is 0. The van der Waals surface area contributed by atoms with E-state index in [-0.39, 0.29) is 11.8 Å². The second kappa shape index (κ2) is 10.6. The third-order valence-corrected chi connectivity index (χ3v) is 4.59. The van der Waals surface area contributed by atoms with Gasteiger partial charge in [-0.1, -0.05) is 74.5 Å². The Balaban J connectivity index is 1.77. The molecule has 4 atom stereocenters. The molecule has 2 aromatic rings. The molecule has 0 radical (unpaired) electrons. The van der Waals surface area contributed by atoms with Crippen LogP contribution in [0.3, 0.4) is 0 Å². The second-order valence-corrected chi connectivity index (χ2v) is 6.98. The van der Waals surface area contributed by atoms with Crippen LogP contribution in [0.25, 0.3) is 0 Å². The molecule has 6 heteroatoms. The molecule has 0 saturated heterocycles. The summed E-state index contributed by atoms with van der Waals surface area (Å²) in [7, 11) is 0. The third kappa shape index (κ3) is 6.79. The van der Waals surface area contributed by atoms with Crippen molar-refractivity contribution in [3.05, 3.63) is 71.8 Å². The van der Waals surface area contributed by atoms with Crippen LogP contribution in [0.1, 0.15) is 49.7 Å². The van der Waals surface area contributed by atoms with E-state index >= 15 is 0 Å². The first-order valence-electron chi connectivity index (χ1n) is 9.39. The van der Waals surface area contributed by atoms with Gasteiger partial charge in [-0.2, -0.15) is 0 Å². The molecular formula is C22H28N2O4. The first kappa shape index (κ1) is 21.6. The number of hydrogen-bond donors (Lipinski definition) is 2. The molecule has 0 heterocycles. The summed E-state index contributed by atoms with van der Waals surface area (Å²) in [4.78, 5) is 23.9. The van der Waals surface area contributed by atoms with Gasteiger partial charge in [0.2, 0.25) is 0 Å². The van der Waals surface area contributed by atoms with E-state index in [1.165, 1.54) is 0 Å². The first-order valence-corrected chi connectivity index (χ1v) is 9.39. The molecule has 0 saturated carbocycles. The van der Waals surface area contributed by atoms with E-state index in [4.69, 9.17) is 20.9 Å². The highest BCUT2D eigenvalue weighted by Crippen LogP contribution is 2.21. The predicted octanol–water partition coefficient (Wildman–Crippen LogP) is 3.03. The van der Waals surface area contributed by atoms with Gasteiger partial charge in [-0.15, -0.1) is 0 Å². The van der Waals surface area contributed by atoms with Crippen molar-refractivity contribution in [2.45, 2.75) is 51.0 Å². The van der Waals surface area contributed by atoms with Crippen LogP contribution in [0.15, 0.2) is 60.7 Å². The van der Waals surface area contributed by atoms with Gasteiger partial charge >= 0.3 is 11.9 Å². The highest BCUT2D eigenvalue weighted by Gasteiger charge is 2.25. The fourth-order valence-corrected chi connectivity index (χ4v) is 3.00. The third-order valence-electron chi connectivity index (χ3n) is 4.59. The second-order valence-electron chi connectivity index (χ2n) is 6.98. The lowest BCUT2D eigenvalue weighted by molar-refractivity contribution is -0.174. The number of esters is 2. The lowest BCUT2D eigenvalue weighted by Crippen LogP contribution is -2.36. The Morgan fingerprint density at radius 3 is 1.36 bits per heavy atom. The Morgan fingerprint density at radius 1 is 0.714 bits per heavy atom. The van der Waals surface area contributed by atoms with E-state index in [2.05, 4.69) is 0 Å². The number of carbonyl (C=O) groups excluding carboxylic acids is 2. The Morgan fingerprint density at radius 2 is 1.04 bits per heavy atom. The maximum absolute atomic E-state index is 11.9. The average molecular weight is 384 g/mol. The molecule has 4 N–H and O–H groups in total. The Kier molecular flexibility index (Phi) is 8.17. The van der Waals surface area contributed by atoms with Crippen LogP contribution in [0, 0.1) is 0 Å². The van der Waals surface area contributed by atoms with E-state index < -0.39 is 24.4 Å². The smallest absolute Gasteiger partial charge is 0.419 e. The van der Waals surface area contributed by atoms with Crippen molar-refractivity contribution < 1.29 is 19.1 Å². The zero-order valence-electron chi connectivity index (χ0n) is 16.3. The maximum Gasteiger partial charge on any atom is 0.419 e. The molecule has 0 aromatic heterocycles. The van der Waals surface area contributed by atoms with Crippen LogP contribution < -0.4 is 11.5 Å². The van der Waals surface area contributed by atoms with E-state index in [0.717, 1.165) is 11.1 Å². The van der Waals surface area contributed by atoms with E-state index in [1.54, 1.807) is 0 Å². The summed E-state index contributed by atoms with van der Waals surface area (Å²) in [5.74, 6) is -2.10. The van der Waals surface area contributed by atoms with Gasteiger partial charge in [0.05, 0.1) is 0 Å². The van der Waals surface area contributed by atoms with Crippen molar-refractivity contribution in [3.63, 3.8) is 0 Å². The number of benzene rings is 2. The van der Waals surface area contributed by atoms with Gasteiger partial charge in [0.15, 0.2) is 12.5 Å². The minimum absolute atomic E-state index is 0.0778. The molecule has 0 fully saturated rings. The lowest BCUT2D eigenvalue weighted by atomic mass is 9.97. The van der Waals surface area contributed by atoms with Crippen molar-refractivity contribution in [2.24, 2.45) is 11.5 Å². The molecule has 0 spiro atoms. The molecule has 6 nitrogen and oxygen atoms in total. The molecule has 2 aromatic carbocycles. The Bertz CT molecular complexity index is 686. The quantitative estimate of drug-likeness (QED) is 0.412. The van der Waals surface area contributed by atoms with E-state index in [9.17, 15) is 9.59 Å². The molecule has 0 aliphatic heterocycles. The Hall–Kier alpha value is -2.70. The van der Waals surface area contributed by atoms with Gasteiger partial charge in [-0.05, 0) is 23.0 Å². The average Bonchev–Trinajstić information content (AvgIpc) is 2.68. The van der Waals surface area contributed by atoms with Crippen LogP contribution >= 0.6 is 0 Å². The summed E-state index contributed by atoms with van der Waals surface area (Å²) < 4.78 is 10.0. The summed E-state index contributed by atoms with van der Waals surface area (Å²) in [6.07, 6.45) is -1.04. The van der Waals surface area contributed by atoms with Gasteiger partial charge in [-0.25, -0.2) is 9.59 Å². The van der Waals surface area contributed by atoms with E-state index in [0.29, 0.717) is 12.8 Å². The number of carbonyl (C=O) groups is 2. The summed E-state index contributed by atoms with van der Waals surface area (Å²) in [5.41, 5.74) is 13.9. The zero-order valence-corrected chi connectivity index (χ0v) is 16.3. The molecule has 0 aliphatic rings. The van der Waals surface area contributed by atoms with Crippen LogP contribution in [0.5, 0.6) is 0 Å². The van der Waals surface area contributed by atoms with Gasteiger partial charge < -0.3 is 9.47 Å². The van der Waals surface area contributed by atoms with Crippen LogP contribution in [-0.4, -0.2) is 24.4 Å². The molecule has 28 heavy (non-hydrogen) atoms. The van der Waals surface area contributed by atoms with Crippen molar-refractivity contribution >= 4 is 11.9 Å². The highest BCUT2D eigenvalue weighted by atomic mass is 16.6. The highest BCUT2D eigenvalue weighted by molar-refractivity contribution is 6.29. The van der Waals surface area contributed by atoms with Gasteiger partial charge in [-0.3, -0.25) is 11.5 Å². The number of hydrogen-bond acceptors (Lipinski definition) is 6. The molecule has 2 rings (SSSR count). The number of nitrogens with two attached hydrogens (primary N) is 2. The lowest BCUT2D eigenvalue weighted by Gasteiger charge is -2.20. The van der Waals surface area contributed by atoms with Gasteiger partial charge in [0.25, 0.3) is 0 Å². The predicted molar refractivity (Wildman–Crippen MR) is 107 cm³/mol. The summed E-state index contributed by atoms with van der Waals surface area (Å²) in [6, 6.07) is 19.5. The fourth-order valence-electron chi connectivity index (χ4n) is 3.00. The SMILES string of the molecule is CC(CC(N)OC(=O)C(=O)OC(N)CC(C)c1ccccc1)c1ccccc1. The van der Waals surface area contributed by atoms with Gasteiger partial charge in [0, 0.05) is 12.8 Å². The number of rotatable bonds is 8. The van der Waals surface area contributed by atoms with Gasteiger partial charge in [0.1, 0.15) is 0 Å².